The molecule has 7 heteroatoms. The van der Waals surface area contributed by atoms with Gasteiger partial charge in [0, 0.05) is 42.3 Å². The number of ether oxygens (including phenoxy) is 2. The summed E-state index contributed by atoms with van der Waals surface area (Å²) in [4.78, 5) is 16.9. The predicted molar refractivity (Wildman–Crippen MR) is 123 cm³/mol. The van der Waals surface area contributed by atoms with E-state index in [1.54, 1.807) is 66.6 Å². The number of piperazine rings is 1. The zero-order chi connectivity index (χ0) is 22.5. The fraction of sp³-hybridized carbons (Fsp3) is 0.240. The first-order valence-corrected chi connectivity index (χ1v) is 10.8. The van der Waals surface area contributed by atoms with Gasteiger partial charge in [-0.25, -0.2) is 4.39 Å². The van der Waals surface area contributed by atoms with Gasteiger partial charge in [-0.05, 0) is 54.6 Å². The first-order chi connectivity index (χ1) is 15.5. The third kappa shape index (κ3) is 4.97. The van der Waals surface area contributed by atoms with E-state index in [0.29, 0.717) is 54.0 Å². The third-order valence-electron chi connectivity index (χ3n) is 5.50. The van der Waals surface area contributed by atoms with Crippen molar-refractivity contribution in [2.75, 3.05) is 38.2 Å². The highest BCUT2D eigenvalue weighted by Gasteiger charge is 2.24. The summed E-state index contributed by atoms with van der Waals surface area (Å²) in [5.41, 5.74) is 1.92. The summed E-state index contributed by atoms with van der Waals surface area (Å²) in [5.74, 6) is 1.03. The van der Waals surface area contributed by atoms with Crippen LogP contribution in [0.3, 0.4) is 0 Å². The molecule has 4 rings (SSSR count). The number of rotatable bonds is 6. The lowest BCUT2D eigenvalue weighted by atomic mass is 10.1. The van der Waals surface area contributed by atoms with Crippen LogP contribution in [0.4, 0.5) is 10.1 Å². The van der Waals surface area contributed by atoms with Gasteiger partial charge in [-0.3, -0.25) is 4.79 Å². The van der Waals surface area contributed by atoms with E-state index in [-0.39, 0.29) is 18.3 Å². The Labute approximate surface area is 191 Å². The van der Waals surface area contributed by atoms with Crippen molar-refractivity contribution in [3.8, 4) is 11.5 Å². The fourth-order valence-electron chi connectivity index (χ4n) is 3.76. The monoisotopic (exact) mass is 454 g/mol. The second-order valence-electron chi connectivity index (χ2n) is 7.50. The van der Waals surface area contributed by atoms with E-state index in [1.807, 2.05) is 11.0 Å². The SMILES string of the molecule is COc1ccc(C(=O)N2CCN(c3ccccc3F)CC2)cc1COc1ccc(Cl)cc1. The van der Waals surface area contributed by atoms with E-state index in [1.165, 1.54) is 6.07 Å². The molecule has 0 unspecified atom stereocenters. The molecule has 1 aliphatic rings. The first-order valence-electron chi connectivity index (χ1n) is 10.4. The lowest BCUT2D eigenvalue weighted by Gasteiger charge is -2.36. The van der Waals surface area contributed by atoms with Gasteiger partial charge in [-0.15, -0.1) is 0 Å². The van der Waals surface area contributed by atoms with E-state index in [9.17, 15) is 9.18 Å². The summed E-state index contributed by atoms with van der Waals surface area (Å²) < 4.78 is 25.4. The first kappa shape index (κ1) is 22.0. The van der Waals surface area contributed by atoms with Gasteiger partial charge >= 0.3 is 0 Å². The number of amides is 1. The van der Waals surface area contributed by atoms with Gasteiger partial charge in [0.1, 0.15) is 23.9 Å². The molecule has 3 aromatic carbocycles. The zero-order valence-electron chi connectivity index (χ0n) is 17.8. The molecular weight excluding hydrogens is 431 g/mol. The Morgan fingerprint density at radius 3 is 2.41 bits per heavy atom. The van der Waals surface area contributed by atoms with Crippen LogP contribution in [0.15, 0.2) is 66.7 Å². The molecule has 1 heterocycles. The standard InChI is InChI=1S/C25H24ClFN2O3/c1-31-24-11-6-18(16-19(24)17-32-21-9-7-20(26)8-10-21)25(30)29-14-12-28(13-15-29)23-5-3-2-4-22(23)27/h2-11,16H,12-15,17H2,1H3. The Kier molecular flexibility index (Phi) is 6.81. The number of methoxy groups -OCH3 is 1. The summed E-state index contributed by atoms with van der Waals surface area (Å²) in [7, 11) is 1.59. The molecule has 1 saturated heterocycles. The number of carbonyl (C=O) groups excluding carboxylic acids is 1. The van der Waals surface area contributed by atoms with Crippen molar-refractivity contribution in [1.82, 2.24) is 4.90 Å². The third-order valence-corrected chi connectivity index (χ3v) is 5.75. The fourth-order valence-corrected chi connectivity index (χ4v) is 3.88. The minimum absolute atomic E-state index is 0.0615. The van der Waals surface area contributed by atoms with Crippen molar-refractivity contribution in [2.24, 2.45) is 0 Å². The van der Waals surface area contributed by atoms with Crippen LogP contribution in [0.25, 0.3) is 0 Å². The van der Waals surface area contributed by atoms with E-state index in [2.05, 4.69) is 0 Å². The van der Waals surface area contributed by atoms with Crippen molar-refractivity contribution < 1.29 is 18.7 Å². The van der Waals surface area contributed by atoms with Crippen LogP contribution in [0.2, 0.25) is 5.02 Å². The molecule has 0 N–H and O–H groups in total. The van der Waals surface area contributed by atoms with Crippen LogP contribution in [-0.4, -0.2) is 44.1 Å². The van der Waals surface area contributed by atoms with Crippen molar-refractivity contribution in [2.45, 2.75) is 6.61 Å². The van der Waals surface area contributed by atoms with Gasteiger partial charge in [0.05, 0.1) is 12.8 Å². The molecule has 0 saturated carbocycles. The number of carbonyl (C=O) groups is 1. The molecule has 0 aromatic heterocycles. The maximum atomic E-state index is 14.1. The van der Waals surface area contributed by atoms with Gasteiger partial charge in [0.25, 0.3) is 5.91 Å². The highest BCUT2D eigenvalue weighted by Crippen LogP contribution is 2.25. The number of hydrogen-bond donors (Lipinski definition) is 0. The summed E-state index contributed by atoms with van der Waals surface area (Å²) in [5, 5.41) is 0.637. The highest BCUT2D eigenvalue weighted by molar-refractivity contribution is 6.30. The number of halogens is 2. The molecule has 1 aliphatic heterocycles. The number of benzene rings is 3. The Balaban J connectivity index is 1.43. The van der Waals surface area contributed by atoms with Gasteiger partial charge in [0.15, 0.2) is 0 Å². The normalized spacial score (nSPS) is 13.7. The second kappa shape index (κ2) is 9.92. The topological polar surface area (TPSA) is 42.0 Å². The van der Waals surface area contributed by atoms with Crippen LogP contribution in [0, 0.1) is 5.82 Å². The predicted octanol–water partition coefficient (Wildman–Crippen LogP) is 5.03. The Morgan fingerprint density at radius 1 is 1.00 bits per heavy atom. The highest BCUT2D eigenvalue weighted by atomic mass is 35.5. The summed E-state index contributed by atoms with van der Waals surface area (Å²) >= 11 is 5.92. The van der Waals surface area contributed by atoms with Crippen LogP contribution >= 0.6 is 11.6 Å². The van der Waals surface area contributed by atoms with Crippen molar-refractivity contribution in [3.63, 3.8) is 0 Å². The number of anilines is 1. The Bertz CT molecular complexity index is 1080. The number of hydrogen-bond acceptors (Lipinski definition) is 4. The molecule has 0 spiro atoms. The molecule has 0 aliphatic carbocycles. The van der Waals surface area contributed by atoms with E-state index >= 15 is 0 Å². The summed E-state index contributed by atoms with van der Waals surface area (Å²) in [6, 6.07) is 19.2. The molecule has 1 amide bonds. The van der Waals surface area contributed by atoms with Gasteiger partial charge < -0.3 is 19.3 Å². The van der Waals surface area contributed by atoms with Gasteiger partial charge in [0.2, 0.25) is 0 Å². The lowest BCUT2D eigenvalue weighted by Crippen LogP contribution is -2.49. The van der Waals surface area contributed by atoms with Gasteiger partial charge in [-0.2, -0.15) is 0 Å². The molecule has 0 atom stereocenters. The lowest BCUT2D eigenvalue weighted by molar-refractivity contribution is 0.0746. The van der Waals surface area contributed by atoms with Gasteiger partial charge in [-0.1, -0.05) is 23.7 Å². The van der Waals surface area contributed by atoms with Crippen LogP contribution in [0.5, 0.6) is 11.5 Å². The van der Waals surface area contributed by atoms with E-state index < -0.39 is 0 Å². The molecule has 5 nitrogen and oxygen atoms in total. The minimum Gasteiger partial charge on any atom is -0.496 e. The maximum absolute atomic E-state index is 14.1. The quantitative estimate of drug-likeness (QED) is 0.524. The van der Waals surface area contributed by atoms with E-state index in [0.717, 1.165) is 5.56 Å². The van der Waals surface area contributed by atoms with Crippen LogP contribution in [0.1, 0.15) is 15.9 Å². The minimum atomic E-state index is -0.243. The largest absolute Gasteiger partial charge is 0.496 e. The summed E-state index contributed by atoms with van der Waals surface area (Å²) in [6.07, 6.45) is 0. The molecule has 166 valence electrons. The molecule has 3 aromatic rings. The second-order valence-corrected chi connectivity index (χ2v) is 7.94. The molecule has 32 heavy (non-hydrogen) atoms. The zero-order valence-corrected chi connectivity index (χ0v) is 18.5. The number of nitrogens with zero attached hydrogens (tertiary/aromatic N) is 2. The molecular formula is C25H24ClFN2O3. The average molecular weight is 455 g/mol. The Hall–Kier alpha value is -3.25. The van der Waals surface area contributed by atoms with E-state index in [4.69, 9.17) is 21.1 Å². The molecule has 1 fully saturated rings. The van der Waals surface area contributed by atoms with Crippen molar-refractivity contribution in [3.05, 3.63) is 88.7 Å². The van der Waals surface area contributed by atoms with Crippen molar-refractivity contribution in [1.29, 1.82) is 0 Å². The molecule has 0 radical (unpaired) electrons. The van der Waals surface area contributed by atoms with Crippen LogP contribution in [-0.2, 0) is 6.61 Å². The maximum Gasteiger partial charge on any atom is 0.253 e. The average Bonchev–Trinajstić information content (AvgIpc) is 2.83. The smallest absolute Gasteiger partial charge is 0.253 e. The van der Waals surface area contributed by atoms with Crippen LogP contribution < -0.4 is 14.4 Å². The molecule has 0 bridgehead atoms. The van der Waals surface area contributed by atoms with Crippen molar-refractivity contribution >= 4 is 23.2 Å². The summed E-state index contributed by atoms with van der Waals surface area (Å²) in [6.45, 7) is 2.46. The Morgan fingerprint density at radius 2 is 1.72 bits per heavy atom. The number of para-hydroxylation sites is 1.